The first-order valence-electron chi connectivity index (χ1n) is 10.2. The Morgan fingerprint density at radius 1 is 1.19 bits per heavy atom. The lowest BCUT2D eigenvalue weighted by atomic mass is 9.92. The fourth-order valence-electron chi connectivity index (χ4n) is 4.28. The molecule has 178 valence electrons. The van der Waals surface area contributed by atoms with Crippen LogP contribution in [-0.4, -0.2) is 50.3 Å². The molecule has 0 unspecified atom stereocenters. The molecular formula is C20H24ClF3N2O5S. The summed E-state index contributed by atoms with van der Waals surface area (Å²) in [5.74, 6) is -1.36. The van der Waals surface area contributed by atoms with Crippen molar-refractivity contribution in [3.8, 4) is 0 Å². The van der Waals surface area contributed by atoms with E-state index in [0.29, 0.717) is 18.9 Å². The van der Waals surface area contributed by atoms with Crippen LogP contribution in [0.4, 0.5) is 13.2 Å². The normalized spacial score (nSPS) is 20.2. The van der Waals surface area contributed by atoms with Gasteiger partial charge in [0.05, 0.1) is 22.6 Å². The summed E-state index contributed by atoms with van der Waals surface area (Å²) in [6.45, 7) is -0.0642. The average molecular weight is 497 g/mol. The third kappa shape index (κ3) is 4.89. The summed E-state index contributed by atoms with van der Waals surface area (Å²) in [6, 6.07) is 2.47. The summed E-state index contributed by atoms with van der Waals surface area (Å²) in [4.78, 5) is 24.5. The zero-order valence-electron chi connectivity index (χ0n) is 17.4. The molecule has 1 amide bonds. The lowest BCUT2D eigenvalue weighted by Crippen LogP contribution is -2.55. The van der Waals surface area contributed by atoms with Crippen LogP contribution in [-0.2, 0) is 30.5 Å². The Hall–Kier alpha value is -1.85. The van der Waals surface area contributed by atoms with Crippen molar-refractivity contribution in [2.75, 3.05) is 20.2 Å². The van der Waals surface area contributed by atoms with Crippen molar-refractivity contribution in [1.82, 2.24) is 9.62 Å². The van der Waals surface area contributed by atoms with Crippen LogP contribution in [0.1, 0.15) is 44.1 Å². The van der Waals surface area contributed by atoms with Crippen molar-refractivity contribution in [2.45, 2.75) is 55.1 Å². The minimum Gasteiger partial charge on any atom is -0.467 e. The van der Waals surface area contributed by atoms with Crippen LogP contribution in [0.2, 0.25) is 5.02 Å². The number of alkyl halides is 3. The Morgan fingerprint density at radius 2 is 1.78 bits per heavy atom. The van der Waals surface area contributed by atoms with Gasteiger partial charge < -0.3 is 10.1 Å². The number of ether oxygens (including phenoxy) is 1. The van der Waals surface area contributed by atoms with Crippen LogP contribution in [0.15, 0.2) is 23.1 Å². The quantitative estimate of drug-likeness (QED) is 0.631. The molecule has 0 bridgehead atoms. The highest BCUT2D eigenvalue weighted by atomic mass is 35.5. The van der Waals surface area contributed by atoms with Crippen molar-refractivity contribution in [3.05, 3.63) is 28.8 Å². The number of rotatable bonds is 5. The van der Waals surface area contributed by atoms with Gasteiger partial charge in [0.1, 0.15) is 5.54 Å². The Kier molecular flexibility index (Phi) is 7.11. The number of nitrogens with one attached hydrogen (secondary N) is 1. The number of methoxy groups -OCH3 is 1. The summed E-state index contributed by atoms with van der Waals surface area (Å²) < 4.78 is 71.0. The number of benzene rings is 1. The highest BCUT2D eigenvalue weighted by Gasteiger charge is 2.45. The third-order valence-corrected chi connectivity index (χ3v) is 8.33. The van der Waals surface area contributed by atoms with Crippen molar-refractivity contribution >= 4 is 33.5 Å². The van der Waals surface area contributed by atoms with Gasteiger partial charge in [0.2, 0.25) is 15.9 Å². The number of carbonyl (C=O) groups excluding carboxylic acids is 2. The molecule has 0 atom stereocenters. The lowest BCUT2D eigenvalue weighted by Gasteiger charge is -2.33. The molecule has 1 aliphatic carbocycles. The molecule has 1 aromatic carbocycles. The Labute approximate surface area is 189 Å². The number of amides is 1. The molecule has 7 nitrogen and oxygen atoms in total. The molecule has 1 heterocycles. The maximum Gasteiger partial charge on any atom is 0.417 e. The van der Waals surface area contributed by atoms with Gasteiger partial charge in [-0.1, -0.05) is 24.4 Å². The van der Waals surface area contributed by atoms with Gasteiger partial charge in [0, 0.05) is 19.0 Å². The predicted molar refractivity (Wildman–Crippen MR) is 109 cm³/mol. The smallest absolute Gasteiger partial charge is 0.417 e. The summed E-state index contributed by atoms with van der Waals surface area (Å²) >= 11 is 5.58. The fraction of sp³-hybridized carbons (Fsp3) is 0.600. The molecule has 0 spiro atoms. The van der Waals surface area contributed by atoms with E-state index in [2.05, 4.69) is 5.32 Å². The Morgan fingerprint density at radius 3 is 2.31 bits per heavy atom. The van der Waals surface area contributed by atoms with Gasteiger partial charge in [-0.15, -0.1) is 0 Å². The van der Waals surface area contributed by atoms with Gasteiger partial charge in [-0.05, 0) is 43.9 Å². The van der Waals surface area contributed by atoms with Crippen LogP contribution in [0.3, 0.4) is 0 Å². The summed E-state index contributed by atoms with van der Waals surface area (Å²) in [5.41, 5.74) is -2.27. The first kappa shape index (κ1) is 24.8. The number of esters is 1. The molecule has 1 saturated heterocycles. The maximum atomic E-state index is 13.1. The van der Waals surface area contributed by atoms with Gasteiger partial charge in [-0.2, -0.15) is 17.5 Å². The molecule has 2 fully saturated rings. The Bertz CT molecular complexity index is 985. The number of sulfonamides is 1. The molecule has 1 aliphatic heterocycles. The third-order valence-electron chi connectivity index (χ3n) is 6.10. The van der Waals surface area contributed by atoms with E-state index in [1.54, 1.807) is 0 Å². The molecule has 1 saturated carbocycles. The zero-order chi connectivity index (χ0) is 23.7. The number of halogens is 4. The van der Waals surface area contributed by atoms with E-state index in [0.717, 1.165) is 29.3 Å². The average Bonchev–Trinajstić information content (AvgIpc) is 3.22. The van der Waals surface area contributed by atoms with Gasteiger partial charge in [-0.3, -0.25) is 4.79 Å². The maximum absolute atomic E-state index is 13.1. The van der Waals surface area contributed by atoms with Gasteiger partial charge >= 0.3 is 12.1 Å². The van der Waals surface area contributed by atoms with Gasteiger partial charge in [0.25, 0.3) is 0 Å². The number of piperidine rings is 1. The highest BCUT2D eigenvalue weighted by Crippen LogP contribution is 2.37. The largest absolute Gasteiger partial charge is 0.467 e. The van der Waals surface area contributed by atoms with Crippen molar-refractivity contribution in [1.29, 1.82) is 0 Å². The summed E-state index contributed by atoms with van der Waals surface area (Å²) in [5, 5.41) is 2.22. The number of hydrogen-bond donors (Lipinski definition) is 1. The minimum absolute atomic E-state index is 0.0321. The first-order chi connectivity index (χ1) is 14.9. The first-order valence-corrected chi connectivity index (χ1v) is 12.0. The van der Waals surface area contributed by atoms with Gasteiger partial charge in [0.15, 0.2) is 0 Å². The van der Waals surface area contributed by atoms with E-state index in [1.165, 1.54) is 7.11 Å². The van der Waals surface area contributed by atoms with E-state index in [-0.39, 0.29) is 31.8 Å². The van der Waals surface area contributed by atoms with Crippen LogP contribution < -0.4 is 5.32 Å². The van der Waals surface area contributed by atoms with Crippen molar-refractivity contribution < 1.29 is 35.9 Å². The summed E-state index contributed by atoms with van der Waals surface area (Å²) in [6.07, 6.45) is -1.89. The monoisotopic (exact) mass is 496 g/mol. The van der Waals surface area contributed by atoms with Crippen molar-refractivity contribution in [2.24, 2.45) is 5.92 Å². The molecule has 12 heteroatoms. The van der Waals surface area contributed by atoms with E-state index in [9.17, 15) is 31.2 Å². The molecule has 0 aromatic heterocycles. The second-order valence-corrected chi connectivity index (χ2v) is 10.4. The molecule has 3 rings (SSSR count). The lowest BCUT2D eigenvalue weighted by molar-refractivity contribution is -0.151. The summed E-state index contributed by atoms with van der Waals surface area (Å²) in [7, 11) is -2.93. The highest BCUT2D eigenvalue weighted by molar-refractivity contribution is 7.89. The SMILES string of the molecule is COC(=O)C1(NC(=O)C2CCN(S(=O)(=O)c3ccc(Cl)c(C(F)(F)F)c3)CC2)CCCC1. The van der Waals surface area contributed by atoms with E-state index < -0.39 is 49.1 Å². The molecule has 0 radical (unpaired) electrons. The van der Waals surface area contributed by atoms with E-state index in [1.807, 2.05) is 0 Å². The molecule has 2 aliphatic rings. The molecule has 1 aromatic rings. The van der Waals surface area contributed by atoms with Crippen LogP contribution in [0.25, 0.3) is 0 Å². The molecule has 1 N–H and O–H groups in total. The molecule has 32 heavy (non-hydrogen) atoms. The van der Waals surface area contributed by atoms with E-state index in [4.69, 9.17) is 16.3 Å². The zero-order valence-corrected chi connectivity index (χ0v) is 18.9. The van der Waals surface area contributed by atoms with E-state index >= 15 is 0 Å². The second-order valence-electron chi connectivity index (χ2n) is 8.09. The van der Waals surface area contributed by atoms with Crippen molar-refractivity contribution in [3.63, 3.8) is 0 Å². The van der Waals surface area contributed by atoms with Crippen LogP contribution in [0.5, 0.6) is 0 Å². The Balaban J connectivity index is 1.69. The van der Waals surface area contributed by atoms with Crippen LogP contribution in [0, 0.1) is 5.92 Å². The predicted octanol–water partition coefficient (Wildman–Crippen LogP) is 3.36. The fourth-order valence-corrected chi connectivity index (χ4v) is 6.00. The van der Waals surface area contributed by atoms with Gasteiger partial charge in [-0.25, -0.2) is 13.2 Å². The molecular weight excluding hydrogens is 473 g/mol. The topological polar surface area (TPSA) is 92.8 Å². The second kappa shape index (κ2) is 9.18. The number of carbonyl (C=O) groups is 2. The standard InChI is InChI=1S/C20H24ClF3N2O5S/c1-31-18(28)19(8-2-3-9-19)25-17(27)13-6-10-26(11-7-13)32(29,30)14-4-5-16(21)15(12-14)20(22,23)24/h4-5,12-13H,2-3,6-11H2,1H3,(H,25,27). The minimum atomic E-state index is -4.79. The number of hydrogen-bond acceptors (Lipinski definition) is 5. The van der Waals surface area contributed by atoms with Crippen LogP contribution >= 0.6 is 11.6 Å². The number of nitrogens with zero attached hydrogens (tertiary/aromatic N) is 1.